The van der Waals surface area contributed by atoms with Gasteiger partial charge in [0.05, 0.1) is 13.3 Å². The van der Waals surface area contributed by atoms with Crippen LogP contribution in [0.3, 0.4) is 0 Å². The topological polar surface area (TPSA) is 153 Å². The molecule has 0 fully saturated rings. The number of rotatable bonds is 11. The summed E-state index contributed by atoms with van der Waals surface area (Å²) in [6, 6.07) is 0. The number of nitrogens with one attached hydrogen (secondary N) is 2. The second-order valence-corrected chi connectivity index (χ2v) is 3.90. The number of hydrogen-bond donors (Lipinski definition) is 6. The summed E-state index contributed by atoms with van der Waals surface area (Å²) in [4.78, 5) is 7.65. The van der Waals surface area contributed by atoms with Crippen molar-refractivity contribution in [3.63, 3.8) is 0 Å². The van der Waals surface area contributed by atoms with Crippen LogP contribution in [0.5, 0.6) is 0 Å². The number of hydrogen-bond acceptors (Lipinski definition) is 4. The van der Waals surface area contributed by atoms with E-state index >= 15 is 0 Å². The molecular formula is C10H26N8. The largest absolute Gasteiger partial charge is 0.370 e. The lowest BCUT2D eigenvalue weighted by atomic mass is 10.2. The summed E-state index contributed by atoms with van der Waals surface area (Å²) in [5.41, 5.74) is 20.7. The minimum Gasteiger partial charge on any atom is -0.370 e. The van der Waals surface area contributed by atoms with Crippen LogP contribution in [0.25, 0.3) is 0 Å². The van der Waals surface area contributed by atoms with Crippen molar-refractivity contribution < 1.29 is 0 Å². The Labute approximate surface area is 108 Å². The number of nitrogens with zero attached hydrogens (tertiary/aromatic N) is 2. The van der Waals surface area contributed by atoms with Crippen molar-refractivity contribution in [3.05, 3.63) is 0 Å². The Kier molecular flexibility index (Phi) is 10.9. The molecule has 106 valence electrons. The molecule has 0 unspecified atom stereocenters. The predicted molar refractivity (Wildman–Crippen MR) is 75.8 cm³/mol. The van der Waals surface area contributed by atoms with Gasteiger partial charge in [0.15, 0.2) is 11.9 Å². The van der Waals surface area contributed by atoms with E-state index in [0.29, 0.717) is 13.3 Å². The molecule has 0 aliphatic rings. The average molecular weight is 258 g/mol. The van der Waals surface area contributed by atoms with Crippen molar-refractivity contribution in [2.24, 2.45) is 32.9 Å². The van der Waals surface area contributed by atoms with Crippen LogP contribution < -0.4 is 33.6 Å². The standard InChI is InChI=1S/C10H26N8/c11-9(12)17-7-15-5-3-1-2-4-6-16-8-18-10(13)14/h15-16H,1-8H2,(H4,11,12,17)(H4,13,14,18). The lowest BCUT2D eigenvalue weighted by Gasteiger charge is -2.03. The van der Waals surface area contributed by atoms with E-state index < -0.39 is 0 Å². The first-order chi connectivity index (χ1) is 8.63. The van der Waals surface area contributed by atoms with E-state index in [1.54, 1.807) is 0 Å². The molecule has 0 radical (unpaired) electrons. The highest BCUT2D eigenvalue weighted by Gasteiger charge is 1.90. The molecular weight excluding hydrogens is 232 g/mol. The lowest BCUT2D eigenvalue weighted by Crippen LogP contribution is -2.26. The van der Waals surface area contributed by atoms with Gasteiger partial charge in [-0.3, -0.25) is 10.6 Å². The van der Waals surface area contributed by atoms with Gasteiger partial charge in [-0.2, -0.15) is 0 Å². The maximum absolute atomic E-state index is 5.19. The Hall–Kier alpha value is -1.54. The molecule has 0 heterocycles. The SMILES string of the molecule is NC(N)=NCNCCCCCCNCN=C(N)N. The lowest BCUT2D eigenvalue weighted by molar-refractivity contribution is 0.571. The minimum atomic E-state index is 0.120. The molecule has 0 amide bonds. The van der Waals surface area contributed by atoms with E-state index in [0.717, 1.165) is 25.9 Å². The summed E-state index contributed by atoms with van der Waals surface area (Å²) in [6.45, 7) is 2.83. The highest BCUT2D eigenvalue weighted by Crippen LogP contribution is 1.97. The second-order valence-electron chi connectivity index (χ2n) is 3.90. The fourth-order valence-corrected chi connectivity index (χ4v) is 1.31. The van der Waals surface area contributed by atoms with Gasteiger partial charge >= 0.3 is 0 Å². The van der Waals surface area contributed by atoms with E-state index in [2.05, 4.69) is 20.6 Å². The molecule has 8 heteroatoms. The fourth-order valence-electron chi connectivity index (χ4n) is 1.31. The summed E-state index contributed by atoms with van der Waals surface area (Å²) in [5.74, 6) is 0.240. The summed E-state index contributed by atoms with van der Waals surface area (Å²) >= 11 is 0. The molecule has 18 heavy (non-hydrogen) atoms. The maximum atomic E-state index is 5.19. The van der Waals surface area contributed by atoms with E-state index in [1.807, 2.05) is 0 Å². The normalized spacial score (nSPS) is 10.0. The van der Waals surface area contributed by atoms with Crippen molar-refractivity contribution >= 4 is 11.9 Å². The summed E-state index contributed by atoms with van der Waals surface area (Å²) in [5, 5.41) is 6.26. The Morgan fingerprint density at radius 3 is 1.39 bits per heavy atom. The molecule has 0 rings (SSSR count). The Balaban J connectivity index is 3.08. The highest BCUT2D eigenvalue weighted by atomic mass is 15.1. The average Bonchev–Trinajstić information content (AvgIpc) is 2.29. The maximum Gasteiger partial charge on any atom is 0.187 e. The number of nitrogens with two attached hydrogens (primary N) is 4. The monoisotopic (exact) mass is 258 g/mol. The molecule has 0 saturated heterocycles. The van der Waals surface area contributed by atoms with Gasteiger partial charge in [-0.15, -0.1) is 0 Å². The van der Waals surface area contributed by atoms with Crippen LogP contribution in [0.1, 0.15) is 25.7 Å². The van der Waals surface area contributed by atoms with Gasteiger partial charge in [0, 0.05) is 0 Å². The van der Waals surface area contributed by atoms with Gasteiger partial charge in [0.25, 0.3) is 0 Å². The molecule has 0 aliphatic carbocycles. The third-order valence-electron chi connectivity index (χ3n) is 2.20. The molecule has 0 aromatic carbocycles. The smallest absolute Gasteiger partial charge is 0.187 e. The Morgan fingerprint density at radius 2 is 1.06 bits per heavy atom. The molecule has 0 aromatic rings. The Morgan fingerprint density at radius 1 is 0.667 bits per heavy atom. The first-order valence-corrected chi connectivity index (χ1v) is 6.15. The van der Waals surface area contributed by atoms with Crippen LogP contribution in [-0.4, -0.2) is 38.3 Å². The first kappa shape index (κ1) is 16.5. The van der Waals surface area contributed by atoms with Crippen LogP contribution in [0.4, 0.5) is 0 Å². The zero-order valence-electron chi connectivity index (χ0n) is 10.9. The van der Waals surface area contributed by atoms with Crippen LogP contribution >= 0.6 is 0 Å². The van der Waals surface area contributed by atoms with Gasteiger partial charge < -0.3 is 22.9 Å². The van der Waals surface area contributed by atoms with E-state index in [-0.39, 0.29) is 11.9 Å². The van der Waals surface area contributed by atoms with Gasteiger partial charge in [-0.25, -0.2) is 9.98 Å². The van der Waals surface area contributed by atoms with Crippen LogP contribution in [0.2, 0.25) is 0 Å². The first-order valence-electron chi connectivity index (χ1n) is 6.15. The van der Waals surface area contributed by atoms with Crippen molar-refractivity contribution in [2.45, 2.75) is 25.7 Å². The number of aliphatic imine (C=N–C) groups is 2. The van der Waals surface area contributed by atoms with Gasteiger partial charge in [0.1, 0.15) is 0 Å². The molecule has 0 spiro atoms. The van der Waals surface area contributed by atoms with E-state index in [9.17, 15) is 0 Å². The van der Waals surface area contributed by atoms with Crippen molar-refractivity contribution in [3.8, 4) is 0 Å². The third kappa shape index (κ3) is 14.5. The highest BCUT2D eigenvalue weighted by molar-refractivity contribution is 5.75. The van der Waals surface area contributed by atoms with E-state index in [1.165, 1.54) is 12.8 Å². The Bertz CT molecular complexity index is 216. The molecule has 0 aromatic heterocycles. The van der Waals surface area contributed by atoms with Crippen LogP contribution in [0.15, 0.2) is 9.98 Å². The van der Waals surface area contributed by atoms with Crippen LogP contribution in [0, 0.1) is 0 Å². The van der Waals surface area contributed by atoms with Gasteiger partial charge in [-0.05, 0) is 25.9 Å². The summed E-state index contributed by atoms with van der Waals surface area (Å²) in [7, 11) is 0. The summed E-state index contributed by atoms with van der Waals surface area (Å²) in [6.07, 6.45) is 4.60. The predicted octanol–water partition coefficient (Wildman–Crippen LogP) is -1.81. The number of unbranched alkanes of at least 4 members (excludes halogenated alkanes) is 3. The molecule has 8 nitrogen and oxygen atoms in total. The van der Waals surface area contributed by atoms with Crippen LogP contribution in [-0.2, 0) is 0 Å². The number of guanidine groups is 2. The van der Waals surface area contributed by atoms with Gasteiger partial charge in [-0.1, -0.05) is 12.8 Å². The quantitative estimate of drug-likeness (QED) is 0.146. The molecule has 10 N–H and O–H groups in total. The minimum absolute atomic E-state index is 0.120. The molecule has 0 aliphatic heterocycles. The third-order valence-corrected chi connectivity index (χ3v) is 2.20. The van der Waals surface area contributed by atoms with Gasteiger partial charge in [0.2, 0.25) is 0 Å². The van der Waals surface area contributed by atoms with Crippen molar-refractivity contribution in [1.82, 2.24) is 10.6 Å². The zero-order valence-corrected chi connectivity index (χ0v) is 10.9. The van der Waals surface area contributed by atoms with Crippen molar-refractivity contribution in [2.75, 3.05) is 26.4 Å². The van der Waals surface area contributed by atoms with Crippen molar-refractivity contribution in [1.29, 1.82) is 0 Å². The second kappa shape index (κ2) is 11.9. The zero-order chi connectivity index (χ0) is 13.6. The molecule has 0 bridgehead atoms. The summed E-state index contributed by atoms with van der Waals surface area (Å²) < 4.78 is 0. The van der Waals surface area contributed by atoms with E-state index in [4.69, 9.17) is 22.9 Å². The molecule has 0 saturated carbocycles. The molecule has 0 atom stereocenters. The fraction of sp³-hybridized carbons (Fsp3) is 0.800.